The summed E-state index contributed by atoms with van der Waals surface area (Å²) in [5.41, 5.74) is 6.50. The third-order valence-electron chi connectivity index (χ3n) is 1.26. The van der Waals surface area contributed by atoms with Crippen LogP contribution in [0, 0.1) is 0 Å². The molecule has 10 heavy (non-hydrogen) atoms. The molecule has 0 aromatic carbocycles. The fourth-order valence-corrected chi connectivity index (χ4v) is 1.32. The first-order chi connectivity index (χ1) is 4.74. The number of rotatable bonds is 2. The van der Waals surface area contributed by atoms with Gasteiger partial charge in [-0.05, 0) is 6.26 Å². The monoisotopic (exact) mass is 155 g/mol. The Morgan fingerprint density at radius 2 is 2.50 bits per heavy atom. The van der Waals surface area contributed by atoms with Crippen LogP contribution in [-0.2, 0) is 7.05 Å². The van der Waals surface area contributed by atoms with Crippen LogP contribution in [0.4, 0.5) is 5.82 Å². The van der Waals surface area contributed by atoms with Crippen LogP contribution in [0.3, 0.4) is 0 Å². The molecule has 0 fully saturated rings. The summed E-state index contributed by atoms with van der Waals surface area (Å²) in [6.07, 6.45) is 3.87. The molecule has 0 radical (unpaired) electrons. The van der Waals surface area contributed by atoms with Crippen LogP contribution in [0.15, 0.2) is 6.20 Å². The van der Waals surface area contributed by atoms with Crippen LogP contribution in [0.2, 0.25) is 0 Å². The number of nitrogens with zero attached hydrogens (tertiary/aromatic N) is 2. The van der Waals surface area contributed by atoms with E-state index in [0.29, 0.717) is 5.82 Å². The van der Waals surface area contributed by atoms with Gasteiger partial charge in [0, 0.05) is 13.2 Å². The highest BCUT2D eigenvalue weighted by Gasteiger charge is 2.01. The van der Waals surface area contributed by atoms with E-state index in [1.165, 1.54) is 0 Å². The first-order valence-electron chi connectivity index (χ1n) is 3.00. The average Bonchev–Trinajstić information content (AvgIpc) is 2.13. The van der Waals surface area contributed by atoms with Gasteiger partial charge in [0.2, 0.25) is 0 Å². The molecule has 0 aliphatic carbocycles. The minimum Gasteiger partial charge on any atom is -0.382 e. The van der Waals surface area contributed by atoms with E-state index in [2.05, 4.69) is 4.98 Å². The minimum atomic E-state index is 0.603. The second-order valence-corrected chi connectivity index (χ2v) is 2.99. The molecule has 0 spiro atoms. The number of nitrogen functional groups attached to an aromatic ring is 1. The summed E-state index contributed by atoms with van der Waals surface area (Å²) in [6, 6.07) is 0. The second-order valence-electron chi connectivity index (χ2n) is 2.13. The summed E-state index contributed by atoms with van der Waals surface area (Å²) in [5.74, 6) is 0.603. The fourth-order valence-electron chi connectivity index (χ4n) is 0.793. The maximum atomic E-state index is 5.47. The maximum absolute atomic E-state index is 5.47. The SMILES string of the molecule is CSBc1nc(N)cn1C. The van der Waals surface area contributed by atoms with Gasteiger partial charge in [0.25, 0.3) is 6.56 Å². The zero-order valence-corrected chi connectivity index (χ0v) is 6.98. The van der Waals surface area contributed by atoms with Crippen molar-refractivity contribution in [3.05, 3.63) is 6.20 Å². The molecule has 0 unspecified atom stereocenters. The van der Waals surface area contributed by atoms with E-state index in [1.807, 2.05) is 24.1 Å². The molecule has 0 amide bonds. The van der Waals surface area contributed by atoms with E-state index in [-0.39, 0.29) is 0 Å². The van der Waals surface area contributed by atoms with Crippen molar-refractivity contribution in [2.45, 2.75) is 0 Å². The van der Waals surface area contributed by atoms with E-state index in [1.54, 1.807) is 11.6 Å². The Morgan fingerprint density at radius 3 is 2.90 bits per heavy atom. The van der Waals surface area contributed by atoms with Crippen molar-refractivity contribution >= 4 is 29.7 Å². The lowest BCUT2D eigenvalue weighted by Crippen LogP contribution is -2.21. The summed E-state index contributed by atoms with van der Waals surface area (Å²) in [4.78, 5) is 4.12. The number of nitrogens with two attached hydrogens (primary N) is 1. The number of aryl methyl sites for hydroxylation is 1. The second kappa shape index (κ2) is 3.01. The third-order valence-corrected chi connectivity index (χ3v) is 1.81. The molecule has 1 aromatic rings. The standard InChI is InChI=1S/C5H10BN3S/c1-9-3-4(7)8-5(9)6-10-2/h3,6H,7H2,1-2H3. The Balaban J connectivity index is 2.81. The third kappa shape index (κ3) is 1.47. The van der Waals surface area contributed by atoms with Gasteiger partial charge < -0.3 is 10.3 Å². The molecule has 0 saturated carbocycles. The fraction of sp³-hybridized carbons (Fsp3) is 0.400. The van der Waals surface area contributed by atoms with Gasteiger partial charge in [-0.15, -0.1) is 0 Å². The first-order valence-corrected chi connectivity index (χ1v) is 4.40. The van der Waals surface area contributed by atoms with Crippen molar-refractivity contribution in [3.63, 3.8) is 0 Å². The average molecular weight is 155 g/mol. The van der Waals surface area contributed by atoms with Gasteiger partial charge in [-0.25, -0.2) is 16.6 Å². The molecule has 0 atom stereocenters. The van der Waals surface area contributed by atoms with Crippen molar-refractivity contribution in [3.8, 4) is 0 Å². The molecule has 0 aliphatic rings. The summed E-state index contributed by atoms with van der Waals surface area (Å²) >= 11 is 1.74. The highest BCUT2D eigenvalue weighted by Crippen LogP contribution is 1.93. The minimum absolute atomic E-state index is 0.603. The van der Waals surface area contributed by atoms with Gasteiger partial charge in [-0.3, -0.25) is 0 Å². The van der Waals surface area contributed by atoms with E-state index in [9.17, 15) is 0 Å². The van der Waals surface area contributed by atoms with Crippen molar-refractivity contribution in [2.75, 3.05) is 12.0 Å². The normalized spacial score (nSPS) is 9.80. The lowest BCUT2D eigenvalue weighted by atomic mass is 10.1. The first kappa shape index (κ1) is 7.53. The zero-order valence-electron chi connectivity index (χ0n) is 6.16. The van der Waals surface area contributed by atoms with Crippen LogP contribution in [0.1, 0.15) is 0 Å². The highest BCUT2D eigenvalue weighted by molar-refractivity contribution is 8.23. The molecule has 1 heterocycles. The van der Waals surface area contributed by atoms with Crippen molar-refractivity contribution in [2.24, 2.45) is 7.05 Å². The number of imidazole rings is 1. The van der Waals surface area contributed by atoms with Crippen LogP contribution < -0.4 is 11.5 Å². The Morgan fingerprint density at radius 1 is 1.80 bits per heavy atom. The predicted octanol–water partition coefficient (Wildman–Crippen LogP) is -0.658. The number of anilines is 1. The Bertz CT molecular complexity index is 223. The topological polar surface area (TPSA) is 43.8 Å². The molecule has 1 rings (SSSR count). The van der Waals surface area contributed by atoms with Crippen molar-refractivity contribution in [1.82, 2.24) is 9.55 Å². The Kier molecular flexibility index (Phi) is 2.27. The van der Waals surface area contributed by atoms with Gasteiger partial charge >= 0.3 is 0 Å². The van der Waals surface area contributed by atoms with Gasteiger partial charge in [-0.1, -0.05) is 0 Å². The molecule has 0 bridgehead atoms. The number of hydrogen-bond donors (Lipinski definition) is 1. The van der Waals surface area contributed by atoms with Crippen LogP contribution in [0.25, 0.3) is 0 Å². The Labute approximate surface area is 65.1 Å². The van der Waals surface area contributed by atoms with Gasteiger partial charge in [0.15, 0.2) is 0 Å². The molecule has 3 nitrogen and oxygen atoms in total. The molecule has 0 aliphatic heterocycles. The largest absolute Gasteiger partial charge is 0.382 e. The van der Waals surface area contributed by atoms with E-state index in [4.69, 9.17) is 5.73 Å². The van der Waals surface area contributed by atoms with Crippen molar-refractivity contribution in [1.29, 1.82) is 0 Å². The molecule has 54 valence electrons. The summed E-state index contributed by atoms with van der Waals surface area (Å²) in [5, 5.41) is 0. The lowest BCUT2D eigenvalue weighted by molar-refractivity contribution is 0.951. The van der Waals surface area contributed by atoms with Crippen LogP contribution in [0.5, 0.6) is 0 Å². The summed E-state index contributed by atoms with van der Waals surface area (Å²) in [6.45, 7) is 0.924. The van der Waals surface area contributed by atoms with Gasteiger partial charge in [0.05, 0.1) is 5.72 Å². The van der Waals surface area contributed by atoms with Gasteiger partial charge in [-0.2, -0.15) is 0 Å². The lowest BCUT2D eigenvalue weighted by Gasteiger charge is -1.94. The van der Waals surface area contributed by atoms with Crippen molar-refractivity contribution < 1.29 is 0 Å². The quantitative estimate of drug-likeness (QED) is 0.576. The summed E-state index contributed by atoms with van der Waals surface area (Å²) in [7, 11) is 1.95. The van der Waals surface area contributed by atoms with E-state index < -0.39 is 0 Å². The molecule has 0 saturated heterocycles. The maximum Gasteiger partial charge on any atom is 0.270 e. The number of hydrogen-bond acceptors (Lipinski definition) is 3. The smallest absolute Gasteiger partial charge is 0.270 e. The molecule has 5 heteroatoms. The van der Waals surface area contributed by atoms with Crippen LogP contribution >= 0.6 is 11.6 Å². The summed E-state index contributed by atoms with van der Waals surface area (Å²) < 4.78 is 1.95. The predicted molar refractivity (Wildman–Crippen MR) is 47.9 cm³/mol. The molecule has 2 N–H and O–H groups in total. The van der Waals surface area contributed by atoms with Gasteiger partial charge in [0.1, 0.15) is 5.82 Å². The number of aromatic nitrogens is 2. The molecular formula is C5H10BN3S. The highest BCUT2D eigenvalue weighted by atomic mass is 32.2. The molecular weight excluding hydrogens is 145 g/mol. The zero-order chi connectivity index (χ0) is 7.56. The van der Waals surface area contributed by atoms with E-state index in [0.717, 1.165) is 12.3 Å². The molecule has 1 aromatic heterocycles. The Hall–Kier alpha value is -0.575. The van der Waals surface area contributed by atoms with Crippen LogP contribution in [-0.4, -0.2) is 22.4 Å². The van der Waals surface area contributed by atoms with E-state index >= 15 is 0 Å².